The first-order chi connectivity index (χ1) is 19.4. The lowest BCUT2D eigenvalue weighted by Crippen LogP contribution is -2.31. The van der Waals surface area contributed by atoms with Gasteiger partial charge in [-0.3, -0.25) is 0 Å². The van der Waals surface area contributed by atoms with Gasteiger partial charge in [-0.05, 0) is 60.5 Å². The molecule has 2 aromatic carbocycles. The molecule has 0 unspecified atom stereocenters. The Morgan fingerprint density at radius 1 is 1.12 bits per heavy atom. The number of nitrogens with zero attached hydrogens (tertiary/aromatic N) is 4. The molecule has 1 aliphatic rings. The SMILES string of the molecule is N#Cc1ccc(Oc2nc(-c3ccc(Cc4nc5sc(C(=O)O)cc5n4C[C@@H]4CCO4)c(F)c3)ccc2F)cc1. The number of benzene rings is 2. The number of aromatic carboxylic acids is 1. The predicted octanol–water partition coefficient (Wildman–Crippen LogP) is 6.18. The smallest absolute Gasteiger partial charge is 0.346 e. The van der Waals surface area contributed by atoms with Gasteiger partial charge in [0.05, 0.1) is 35.5 Å². The molecule has 0 saturated carbocycles. The Morgan fingerprint density at radius 2 is 1.93 bits per heavy atom. The number of hydrogen-bond donors (Lipinski definition) is 1. The molecule has 5 aromatic rings. The Bertz CT molecular complexity index is 1790. The number of halogens is 2. The van der Waals surface area contributed by atoms with E-state index in [1.165, 1.54) is 30.3 Å². The van der Waals surface area contributed by atoms with Crippen LogP contribution in [0, 0.1) is 23.0 Å². The van der Waals surface area contributed by atoms with Crippen molar-refractivity contribution in [3.63, 3.8) is 0 Å². The van der Waals surface area contributed by atoms with Crippen LogP contribution < -0.4 is 4.74 Å². The molecule has 0 bridgehead atoms. The molecule has 200 valence electrons. The van der Waals surface area contributed by atoms with Gasteiger partial charge in [0.25, 0.3) is 5.88 Å². The first-order valence-electron chi connectivity index (χ1n) is 12.3. The Morgan fingerprint density at radius 3 is 2.60 bits per heavy atom. The monoisotopic (exact) mass is 558 g/mol. The van der Waals surface area contributed by atoms with Crippen LogP contribution in [0.15, 0.2) is 60.7 Å². The van der Waals surface area contributed by atoms with Gasteiger partial charge in [0, 0.05) is 18.6 Å². The van der Waals surface area contributed by atoms with Crippen LogP contribution in [0.5, 0.6) is 11.6 Å². The molecular weight excluding hydrogens is 538 g/mol. The van der Waals surface area contributed by atoms with Gasteiger partial charge in [0.15, 0.2) is 5.82 Å². The lowest BCUT2D eigenvalue weighted by molar-refractivity contribution is -0.0589. The summed E-state index contributed by atoms with van der Waals surface area (Å²) in [6, 6.07) is 17.0. The van der Waals surface area contributed by atoms with E-state index in [4.69, 9.17) is 14.7 Å². The van der Waals surface area contributed by atoms with Gasteiger partial charge < -0.3 is 19.1 Å². The van der Waals surface area contributed by atoms with E-state index < -0.39 is 17.6 Å². The maximum atomic E-state index is 15.3. The third-order valence-electron chi connectivity index (χ3n) is 6.63. The minimum Gasteiger partial charge on any atom is -0.477 e. The lowest BCUT2D eigenvalue weighted by Gasteiger charge is -2.27. The van der Waals surface area contributed by atoms with Crippen molar-refractivity contribution in [2.75, 3.05) is 6.61 Å². The third-order valence-corrected chi connectivity index (χ3v) is 7.63. The van der Waals surface area contributed by atoms with Crippen molar-refractivity contribution in [2.45, 2.75) is 25.5 Å². The number of hydrogen-bond acceptors (Lipinski definition) is 7. The highest BCUT2D eigenvalue weighted by molar-refractivity contribution is 7.20. The molecule has 0 radical (unpaired) electrons. The topological polar surface area (TPSA) is 110 Å². The van der Waals surface area contributed by atoms with E-state index in [1.54, 1.807) is 30.3 Å². The van der Waals surface area contributed by atoms with Crippen LogP contribution in [0.2, 0.25) is 0 Å². The number of thiophene rings is 1. The fourth-order valence-corrected chi connectivity index (χ4v) is 5.31. The van der Waals surface area contributed by atoms with Crippen LogP contribution in [-0.4, -0.2) is 38.3 Å². The zero-order chi connectivity index (χ0) is 27.8. The third kappa shape index (κ3) is 5.02. The number of carboxylic acids is 1. The summed E-state index contributed by atoms with van der Waals surface area (Å²) < 4.78 is 42.8. The van der Waals surface area contributed by atoms with Crippen LogP contribution in [0.1, 0.15) is 33.0 Å². The maximum Gasteiger partial charge on any atom is 0.346 e. The Hall–Kier alpha value is -4.66. The van der Waals surface area contributed by atoms with Crippen molar-refractivity contribution >= 4 is 27.7 Å². The molecule has 1 fully saturated rings. The van der Waals surface area contributed by atoms with Crippen molar-refractivity contribution in [1.29, 1.82) is 5.26 Å². The highest BCUT2D eigenvalue weighted by Gasteiger charge is 2.24. The summed E-state index contributed by atoms with van der Waals surface area (Å²) in [6.07, 6.45) is 1.08. The standard InChI is InChI=1S/C29H20F2N4O4S/c30-21-7-8-23(33-27(21)39-19-5-1-16(14-32)2-6-19)18-4-3-17(22(31)11-18)12-26-34-28-24(13-25(40-28)29(36)37)35(26)15-20-9-10-38-20/h1-8,11,13,20H,9-10,12,15H2,(H,36,37)/t20-/m0/s1. The number of ether oxygens (including phenoxy) is 2. The van der Waals surface area contributed by atoms with Gasteiger partial charge in [-0.1, -0.05) is 12.1 Å². The molecule has 0 amide bonds. The maximum absolute atomic E-state index is 15.3. The molecule has 1 saturated heterocycles. The molecule has 1 atom stereocenters. The highest BCUT2D eigenvalue weighted by Crippen LogP contribution is 2.31. The molecular formula is C29H20F2N4O4S. The molecule has 11 heteroatoms. The van der Waals surface area contributed by atoms with E-state index >= 15 is 4.39 Å². The van der Waals surface area contributed by atoms with Crippen molar-refractivity contribution in [3.05, 3.63) is 94.1 Å². The first-order valence-corrected chi connectivity index (χ1v) is 13.2. The second-order valence-corrected chi connectivity index (χ2v) is 10.3. The van der Waals surface area contributed by atoms with Crippen LogP contribution >= 0.6 is 11.3 Å². The Kier molecular flexibility index (Phi) is 6.71. The molecule has 1 N–H and O–H groups in total. The number of pyridine rings is 1. The fourth-order valence-electron chi connectivity index (χ4n) is 4.42. The van der Waals surface area contributed by atoms with Crippen LogP contribution in [0.25, 0.3) is 21.6 Å². The van der Waals surface area contributed by atoms with E-state index in [0.29, 0.717) is 57.5 Å². The van der Waals surface area contributed by atoms with Crippen LogP contribution in [-0.2, 0) is 17.7 Å². The molecule has 6 rings (SSSR count). The molecule has 1 aliphatic heterocycles. The largest absolute Gasteiger partial charge is 0.477 e. The Labute approximate surface area is 230 Å². The van der Waals surface area contributed by atoms with Crippen molar-refractivity contribution < 1.29 is 28.2 Å². The highest BCUT2D eigenvalue weighted by atomic mass is 32.1. The van der Waals surface area contributed by atoms with E-state index in [1.807, 2.05) is 10.6 Å². The number of rotatable bonds is 8. The van der Waals surface area contributed by atoms with Crippen LogP contribution in [0.4, 0.5) is 8.78 Å². The number of imidazole rings is 1. The molecule has 4 heterocycles. The normalized spacial score (nSPS) is 14.6. The van der Waals surface area contributed by atoms with Crippen LogP contribution in [0.3, 0.4) is 0 Å². The summed E-state index contributed by atoms with van der Waals surface area (Å²) in [5, 5.41) is 18.3. The van der Waals surface area contributed by atoms with E-state index in [9.17, 15) is 14.3 Å². The van der Waals surface area contributed by atoms with Gasteiger partial charge in [-0.2, -0.15) is 5.26 Å². The average molecular weight is 559 g/mol. The van der Waals surface area contributed by atoms with Gasteiger partial charge in [-0.15, -0.1) is 11.3 Å². The lowest BCUT2D eigenvalue weighted by atomic mass is 10.0. The first kappa shape index (κ1) is 25.6. The zero-order valence-electron chi connectivity index (χ0n) is 20.8. The second kappa shape index (κ2) is 10.5. The molecule has 0 aliphatic carbocycles. The Balaban J connectivity index is 1.26. The molecule has 3 aromatic heterocycles. The van der Waals surface area contributed by atoms with E-state index in [-0.39, 0.29) is 23.3 Å². The van der Waals surface area contributed by atoms with Gasteiger partial charge >= 0.3 is 5.97 Å². The summed E-state index contributed by atoms with van der Waals surface area (Å²) in [7, 11) is 0. The minimum atomic E-state index is -1.02. The number of carboxylic acid groups (broad SMARTS) is 1. The van der Waals surface area contributed by atoms with Gasteiger partial charge in [-0.25, -0.2) is 23.5 Å². The zero-order valence-corrected chi connectivity index (χ0v) is 21.6. The summed E-state index contributed by atoms with van der Waals surface area (Å²) in [5.41, 5.74) is 2.28. The quantitative estimate of drug-likeness (QED) is 0.242. The summed E-state index contributed by atoms with van der Waals surface area (Å²) in [6.45, 7) is 1.18. The second-order valence-electron chi connectivity index (χ2n) is 9.23. The van der Waals surface area contributed by atoms with Crippen molar-refractivity contribution in [1.82, 2.24) is 14.5 Å². The molecule has 0 spiro atoms. The van der Waals surface area contributed by atoms with Gasteiger partial charge in [0.2, 0.25) is 0 Å². The molecule has 40 heavy (non-hydrogen) atoms. The van der Waals surface area contributed by atoms with Crippen molar-refractivity contribution in [2.24, 2.45) is 0 Å². The minimum absolute atomic E-state index is 0.00166. The number of nitriles is 1. The van der Waals surface area contributed by atoms with E-state index in [0.717, 1.165) is 17.8 Å². The summed E-state index contributed by atoms with van der Waals surface area (Å²) >= 11 is 1.08. The fraction of sp³-hybridized carbons (Fsp3) is 0.172. The van der Waals surface area contributed by atoms with Crippen molar-refractivity contribution in [3.8, 4) is 29.0 Å². The predicted molar refractivity (Wildman–Crippen MR) is 143 cm³/mol. The number of carbonyl (C=O) groups is 1. The van der Waals surface area contributed by atoms with Gasteiger partial charge in [0.1, 0.15) is 27.1 Å². The number of fused-ring (bicyclic) bond motifs is 1. The summed E-state index contributed by atoms with van der Waals surface area (Å²) in [4.78, 5) is 21.1. The number of aromatic nitrogens is 3. The average Bonchev–Trinajstić information content (AvgIpc) is 3.47. The van der Waals surface area contributed by atoms with E-state index in [2.05, 4.69) is 9.97 Å². The molecule has 8 nitrogen and oxygen atoms in total. The summed E-state index contributed by atoms with van der Waals surface area (Å²) in [5.74, 6) is -1.54.